The normalized spacial score (nSPS) is 19.3. The van der Waals surface area contributed by atoms with E-state index in [2.05, 4.69) is 15.9 Å². The van der Waals surface area contributed by atoms with Crippen LogP contribution in [0.5, 0.6) is 11.5 Å². The molecule has 1 aliphatic heterocycles. The van der Waals surface area contributed by atoms with Gasteiger partial charge in [-0.3, -0.25) is 14.4 Å². The molecule has 0 fully saturated rings. The third-order valence-electron chi connectivity index (χ3n) is 8.56. The van der Waals surface area contributed by atoms with E-state index in [0.717, 1.165) is 5.56 Å². The van der Waals surface area contributed by atoms with Gasteiger partial charge in [0.05, 0.1) is 16.6 Å². The molecule has 0 atom stereocenters. The molecule has 45 heavy (non-hydrogen) atoms. The molecule has 0 saturated heterocycles. The first kappa shape index (κ1) is 32.5. The van der Waals surface area contributed by atoms with E-state index in [9.17, 15) is 29.4 Å². The number of hydrogen-bond donors (Lipinski definition) is 2. The molecular weight excluding hydrogens is 642 g/mol. The molecule has 9 nitrogen and oxygen atoms in total. The monoisotopic (exact) mass is 679 g/mol. The Bertz CT molecular complexity index is 1600. The molecule has 5 rings (SSSR count). The summed E-state index contributed by atoms with van der Waals surface area (Å²) in [6, 6.07) is 10.1. The molecule has 0 bridgehead atoms. The minimum atomic E-state index is -1.03. The Morgan fingerprint density at radius 3 is 1.93 bits per heavy atom. The zero-order valence-electron chi connectivity index (χ0n) is 26.2. The SMILES string of the molecule is CCOc1cc(C2C3=C(CC(C)(C)CC3=O)N(CC(=O)O)C3=C2C(=O)CC(C)(C)C3)cc(Br)c1OCc1ccc(C(=O)O)cc1. The summed E-state index contributed by atoms with van der Waals surface area (Å²) in [7, 11) is 0. The quantitative estimate of drug-likeness (QED) is 0.291. The van der Waals surface area contributed by atoms with Crippen molar-refractivity contribution in [2.24, 2.45) is 10.8 Å². The maximum Gasteiger partial charge on any atom is 0.335 e. The van der Waals surface area contributed by atoms with Gasteiger partial charge in [0.1, 0.15) is 13.2 Å². The Morgan fingerprint density at radius 1 is 0.889 bits per heavy atom. The summed E-state index contributed by atoms with van der Waals surface area (Å²) in [5, 5.41) is 19.1. The van der Waals surface area contributed by atoms with Crippen molar-refractivity contribution in [3.63, 3.8) is 0 Å². The van der Waals surface area contributed by atoms with Gasteiger partial charge in [-0.25, -0.2) is 4.79 Å². The first-order valence-electron chi connectivity index (χ1n) is 15.0. The number of aromatic carboxylic acids is 1. The molecule has 2 N–H and O–H groups in total. The van der Waals surface area contributed by atoms with Gasteiger partial charge in [-0.1, -0.05) is 39.8 Å². The largest absolute Gasteiger partial charge is 0.490 e. The smallest absolute Gasteiger partial charge is 0.335 e. The van der Waals surface area contributed by atoms with E-state index >= 15 is 0 Å². The van der Waals surface area contributed by atoms with E-state index in [1.807, 2.05) is 46.8 Å². The van der Waals surface area contributed by atoms with Crippen molar-refractivity contribution in [3.8, 4) is 11.5 Å². The van der Waals surface area contributed by atoms with Crippen LogP contribution >= 0.6 is 15.9 Å². The van der Waals surface area contributed by atoms with Gasteiger partial charge in [0.25, 0.3) is 0 Å². The third kappa shape index (κ3) is 6.57. The molecule has 1 heterocycles. The van der Waals surface area contributed by atoms with Gasteiger partial charge in [-0.15, -0.1) is 0 Å². The molecule has 0 saturated carbocycles. The summed E-state index contributed by atoms with van der Waals surface area (Å²) in [6.07, 6.45) is 1.58. The molecule has 0 spiro atoms. The average Bonchev–Trinajstić information content (AvgIpc) is 2.92. The Kier molecular flexibility index (Phi) is 8.74. The van der Waals surface area contributed by atoms with Crippen LogP contribution in [0, 0.1) is 10.8 Å². The van der Waals surface area contributed by atoms with Crippen molar-refractivity contribution >= 4 is 39.4 Å². The highest BCUT2D eigenvalue weighted by Gasteiger charge is 2.49. The summed E-state index contributed by atoms with van der Waals surface area (Å²) in [6.45, 7) is 10.0. The van der Waals surface area contributed by atoms with Crippen LogP contribution in [0.25, 0.3) is 0 Å². The van der Waals surface area contributed by atoms with Crippen molar-refractivity contribution in [2.45, 2.75) is 72.8 Å². The molecule has 0 unspecified atom stereocenters. The second-order valence-corrected chi connectivity index (χ2v) is 14.4. The Labute approximate surface area is 271 Å². The number of carbonyl (C=O) groups is 4. The van der Waals surface area contributed by atoms with E-state index in [1.54, 1.807) is 17.0 Å². The van der Waals surface area contributed by atoms with Crippen molar-refractivity contribution < 1.29 is 38.9 Å². The second-order valence-electron chi connectivity index (χ2n) is 13.6. The van der Waals surface area contributed by atoms with Gasteiger partial charge in [-0.2, -0.15) is 0 Å². The number of aliphatic carboxylic acids is 1. The van der Waals surface area contributed by atoms with Crippen molar-refractivity contribution in [1.29, 1.82) is 0 Å². The highest BCUT2D eigenvalue weighted by atomic mass is 79.9. The van der Waals surface area contributed by atoms with Crippen LogP contribution in [-0.2, 0) is 21.0 Å². The number of Topliss-reactive ketones (excluding diaryl/α,β-unsaturated/α-hetero) is 2. The van der Waals surface area contributed by atoms with E-state index in [4.69, 9.17) is 9.47 Å². The highest BCUT2D eigenvalue weighted by Crippen LogP contribution is 2.55. The summed E-state index contributed by atoms with van der Waals surface area (Å²) in [5.74, 6) is -2.05. The molecule has 238 valence electrons. The minimum Gasteiger partial charge on any atom is -0.490 e. The van der Waals surface area contributed by atoms with Crippen LogP contribution in [0.4, 0.5) is 0 Å². The fourth-order valence-corrected chi connectivity index (χ4v) is 7.34. The lowest BCUT2D eigenvalue weighted by molar-refractivity contribution is -0.138. The van der Waals surface area contributed by atoms with E-state index in [0.29, 0.717) is 63.5 Å². The van der Waals surface area contributed by atoms with Crippen molar-refractivity contribution in [2.75, 3.05) is 13.2 Å². The van der Waals surface area contributed by atoms with Gasteiger partial charge in [0.2, 0.25) is 0 Å². The average molecular weight is 681 g/mol. The number of carbonyl (C=O) groups excluding carboxylic acids is 2. The van der Waals surface area contributed by atoms with E-state index in [1.165, 1.54) is 12.1 Å². The first-order chi connectivity index (χ1) is 21.1. The van der Waals surface area contributed by atoms with Gasteiger partial charge in [0, 0.05) is 41.3 Å². The number of halogens is 1. The van der Waals surface area contributed by atoms with Crippen molar-refractivity contribution in [3.05, 3.63) is 80.1 Å². The minimum absolute atomic E-state index is 0.0926. The van der Waals surface area contributed by atoms with Crippen LogP contribution in [0.1, 0.15) is 87.7 Å². The number of rotatable bonds is 9. The number of ether oxygens (including phenoxy) is 2. The number of benzene rings is 2. The maximum atomic E-state index is 14.0. The van der Waals surface area contributed by atoms with Gasteiger partial charge in [0.15, 0.2) is 23.1 Å². The molecule has 2 aromatic rings. The van der Waals surface area contributed by atoms with E-state index < -0.39 is 17.9 Å². The highest BCUT2D eigenvalue weighted by molar-refractivity contribution is 9.10. The molecule has 2 aliphatic carbocycles. The summed E-state index contributed by atoms with van der Waals surface area (Å²) >= 11 is 3.65. The Balaban J connectivity index is 1.64. The van der Waals surface area contributed by atoms with Crippen LogP contribution in [0.15, 0.2) is 63.4 Å². The Morgan fingerprint density at radius 2 is 1.44 bits per heavy atom. The number of allylic oxidation sites excluding steroid dienone is 4. The van der Waals surface area contributed by atoms with Gasteiger partial charge in [-0.05, 0) is 81.9 Å². The van der Waals surface area contributed by atoms with E-state index in [-0.39, 0.29) is 54.0 Å². The molecule has 2 aromatic carbocycles. The lowest BCUT2D eigenvalue weighted by atomic mass is 9.63. The number of hydrogen-bond acceptors (Lipinski definition) is 7. The van der Waals surface area contributed by atoms with Gasteiger partial charge >= 0.3 is 11.9 Å². The first-order valence-corrected chi connectivity index (χ1v) is 15.8. The lowest BCUT2D eigenvalue weighted by Crippen LogP contribution is -2.45. The maximum absolute atomic E-state index is 14.0. The summed E-state index contributed by atoms with van der Waals surface area (Å²) in [4.78, 5) is 53.1. The number of carboxylic acid groups (broad SMARTS) is 2. The summed E-state index contributed by atoms with van der Waals surface area (Å²) in [5.41, 5.74) is 3.17. The molecular formula is C35H38BrNO8. The molecule has 0 radical (unpaired) electrons. The number of carboxylic acids is 2. The zero-order valence-corrected chi connectivity index (χ0v) is 27.7. The summed E-state index contributed by atoms with van der Waals surface area (Å²) < 4.78 is 12.8. The molecule has 0 amide bonds. The van der Waals surface area contributed by atoms with Crippen LogP contribution in [0.2, 0.25) is 0 Å². The number of nitrogens with zero attached hydrogens (tertiary/aromatic N) is 1. The predicted octanol–water partition coefficient (Wildman–Crippen LogP) is 6.90. The van der Waals surface area contributed by atoms with Crippen LogP contribution < -0.4 is 9.47 Å². The standard InChI is InChI=1S/C35H38BrNO8/c1-6-44-27-12-21(11-22(36)32(27)45-18-19-7-9-20(10-8-19)33(42)43)29-30-23(13-34(2,3)15-25(30)38)37(17-28(40)41)24-14-35(4,5)16-26(39)31(24)29/h7-12,29H,6,13-18H2,1-5H3,(H,40,41)(H,42,43). The van der Waals surface area contributed by atoms with Crippen molar-refractivity contribution in [1.82, 2.24) is 4.90 Å². The topological polar surface area (TPSA) is 130 Å². The third-order valence-corrected chi connectivity index (χ3v) is 9.15. The molecule has 10 heteroatoms. The number of ketones is 2. The van der Waals surface area contributed by atoms with Gasteiger partial charge < -0.3 is 24.6 Å². The van der Waals surface area contributed by atoms with Crippen LogP contribution in [0.3, 0.4) is 0 Å². The second kappa shape index (κ2) is 12.1. The molecule has 0 aromatic heterocycles. The molecule has 3 aliphatic rings. The lowest BCUT2D eigenvalue weighted by Gasteiger charge is -2.48. The predicted molar refractivity (Wildman–Crippen MR) is 170 cm³/mol. The fraction of sp³-hybridized carbons (Fsp3) is 0.429. The Hall–Kier alpha value is -3.92. The zero-order chi connectivity index (χ0) is 32.8. The van der Waals surface area contributed by atoms with Crippen LogP contribution in [-0.4, -0.2) is 51.8 Å². The fourth-order valence-electron chi connectivity index (χ4n) is 6.76.